The Hall–Kier alpha value is -2.08. The molecule has 198 valence electrons. The van der Waals surface area contributed by atoms with Gasteiger partial charge in [-0.3, -0.25) is 9.59 Å². The Bertz CT molecular complexity index is 949. The summed E-state index contributed by atoms with van der Waals surface area (Å²) in [5, 5.41) is 0. The number of benzene rings is 1. The number of hydrogen-bond acceptors (Lipinski definition) is 2. The van der Waals surface area contributed by atoms with Gasteiger partial charge in [0, 0.05) is 41.4 Å². The van der Waals surface area contributed by atoms with Gasteiger partial charge in [0.15, 0.2) is 0 Å². The highest BCUT2D eigenvalue weighted by atomic mass is 79.9. The van der Waals surface area contributed by atoms with E-state index >= 15 is 0 Å². The second kappa shape index (κ2) is 14.6. The first-order valence-corrected chi connectivity index (χ1v) is 14.7. The van der Waals surface area contributed by atoms with Crippen molar-refractivity contribution in [2.45, 2.75) is 110 Å². The molecule has 2 aromatic rings. The summed E-state index contributed by atoms with van der Waals surface area (Å²) in [5.41, 5.74) is 2.37. The normalized spacial score (nSPS) is 15.0. The molecule has 0 radical (unpaired) electrons. The molecule has 1 unspecified atom stereocenters. The molecular formula is C30H44BrN3O2. The fraction of sp³-hybridized carbons (Fsp3) is 0.600. The minimum Gasteiger partial charge on any atom is -0.345 e. The van der Waals surface area contributed by atoms with E-state index in [9.17, 15) is 9.59 Å². The third-order valence-electron chi connectivity index (χ3n) is 7.60. The summed E-state index contributed by atoms with van der Waals surface area (Å²) in [6, 6.07) is 12.9. The number of carbonyl (C=O) groups excluding carboxylic acids is 2. The van der Waals surface area contributed by atoms with Crippen LogP contribution in [0, 0.1) is 0 Å². The van der Waals surface area contributed by atoms with Crippen molar-refractivity contribution in [2.24, 2.45) is 0 Å². The van der Waals surface area contributed by atoms with Gasteiger partial charge in [-0.05, 0) is 62.4 Å². The molecule has 1 aromatic heterocycles. The van der Waals surface area contributed by atoms with E-state index in [0.29, 0.717) is 13.0 Å². The van der Waals surface area contributed by atoms with Gasteiger partial charge in [-0.25, -0.2) is 0 Å². The Kier molecular flexibility index (Phi) is 11.6. The zero-order chi connectivity index (χ0) is 25.9. The largest absolute Gasteiger partial charge is 0.345 e. The maximum absolute atomic E-state index is 13.9. The van der Waals surface area contributed by atoms with E-state index in [1.165, 1.54) is 24.8 Å². The van der Waals surface area contributed by atoms with Gasteiger partial charge in [-0.1, -0.05) is 74.0 Å². The minimum absolute atomic E-state index is 0.0672. The maximum atomic E-state index is 13.9. The third-order valence-corrected chi connectivity index (χ3v) is 8.13. The summed E-state index contributed by atoms with van der Waals surface area (Å²) >= 11 is 3.51. The molecule has 6 heteroatoms. The number of hydrogen-bond donors (Lipinski definition) is 0. The van der Waals surface area contributed by atoms with Crippen LogP contribution in [0.3, 0.4) is 0 Å². The Balaban J connectivity index is 1.77. The number of carbonyl (C=O) groups is 2. The highest BCUT2D eigenvalue weighted by Crippen LogP contribution is 2.25. The minimum atomic E-state index is 0.0672. The summed E-state index contributed by atoms with van der Waals surface area (Å²) in [6.07, 6.45) is 12.2. The second-order valence-corrected chi connectivity index (χ2v) is 11.2. The summed E-state index contributed by atoms with van der Waals surface area (Å²) in [5.74, 6) is 0.204. The van der Waals surface area contributed by atoms with Crippen molar-refractivity contribution in [3.63, 3.8) is 0 Å². The Morgan fingerprint density at radius 3 is 2.42 bits per heavy atom. The van der Waals surface area contributed by atoms with Gasteiger partial charge < -0.3 is 14.4 Å². The molecule has 1 atom stereocenters. The van der Waals surface area contributed by atoms with Gasteiger partial charge in [0.25, 0.3) is 0 Å². The second-order valence-electron chi connectivity index (χ2n) is 10.3. The van der Waals surface area contributed by atoms with Gasteiger partial charge in [0.05, 0.1) is 6.54 Å². The van der Waals surface area contributed by atoms with Crippen LogP contribution < -0.4 is 0 Å². The molecule has 1 saturated carbocycles. The van der Waals surface area contributed by atoms with Crippen LogP contribution in [0.25, 0.3) is 0 Å². The van der Waals surface area contributed by atoms with E-state index in [0.717, 1.165) is 55.2 Å². The van der Waals surface area contributed by atoms with Crippen LogP contribution in [0.1, 0.15) is 96.2 Å². The van der Waals surface area contributed by atoms with Crippen molar-refractivity contribution in [1.29, 1.82) is 0 Å². The molecule has 0 spiro atoms. The average molecular weight is 559 g/mol. The lowest BCUT2D eigenvalue weighted by molar-refractivity contribution is -0.144. The molecule has 1 aliphatic rings. The number of halogens is 1. The lowest BCUT2D eigenvalue weighted by Crippen LogP contribution is -2.49. The van der Waals surface area contributed by atoms with Crippen LogP contribution in [0.5, 0.6) is 0 Å². The summed E-state index contributed by atoms with van der Waals surface area (Å²) in [6.45, 7) is 7.86. The predicted octanol–water partition coefficient (Wildman–Crippen LogP) is 7.17. The molecule has 2 amide bonds. The maximum Gasteiger partial charge on any atom is 0.242 e. The van der Waals surface area contributed by atoms with Crippen molar-refractivity contribution in [3.8, 4) is 0 Å². The molecule has 5 nitrogen and oxygen atoms in total. The smallest absolute Gasteiger partial charge is 0.242 e. The van der Waals surface area contributed by atoms with Crippen LogP contribution >= 0.6 is 15.9 Å². The van der Waals surface area contributed by atoms with Gasteiger partial charge in [-0.15, -0.1) is 0 Å². The third kappa shape index (κ3) is 8.22. The lowest BCUT2D eigenvalue weighted by Gasteiger charge is -2.37. The van der Waals surface area contributed by atoms with Gasteiger partial charge in [0.2, 0.25) is 11.8 Å². The predicted molar refractivity (Wildman–Crippen MR) is 151 cm³/mol. The van der Waals surface area contributed by atoms with Crippen molar-refractivity contribution < 1.29 is 9.59 Å². The van der Waals surface area contributed by atoms with E-state index in [1.54, 1.807) is 0 Å². The van der Waals surface area contributed by atoms with Gasteiger partial charge in [-0.2, -0.15) is 0 Å². The first kappa shape index (κ1) is 28.5. The molecule has 3 rings (SSSR count). The highest BCUT2D eigenvalue weighted by Gasteiger charge is 2.30. The van der Waals surface area contributed by atoms with E-state index in [1.807, 2.05) is 4.90 Å². The van der Waals surface area contributed by atoms with Crippen LogP contribution in [-0.4, -0.2) is 44.8 Å². The van der Waals surface area contributed by atoms with Crippen molar-refractivity contribution in [3.05, 3.63) is 58.3 Å². The highest BCUT2D eigenvalue weighted by molar-refractivity contribution is 9.10. The van der Waals surface area contributed by atoms with Crippen LogP contribution in [-0.2, 0) is 22.7 Å². The van der Waals surface area contributed by atoms with Crippen LogP contribution in [0.2, 0.25) is 0 Å². The molecule has 1 aromatic carbocycles. The number of nitrogens with zero attached hydrogens (tertiary/aromatic N) is 3. The molecule has 0 aliphatic heterocycles. The zero-order valence-corrected chi connectivity index (χ0v) is 24.0. The number of unbranched alkanes of at least 4 members (excludes halogenated alkanes) is 2. The van der Waals surface area contributed by atoms with Crippen molar-refractivity contribution in [1.82, 2.24) is 14.4 Å². The fourth-order valence-electron chi connectivity index (χ4n) is 5.14. The Morgan fingerprint density at radius 1 is 1.03 bits per heavy atom. The van der Waals surface area contributed by atoms with Crippen LogP contribution in [0.15, 0.2) is 47.1 Å². The van der Waals surface area contributed by atoms with E-state index in [-0.39, 0.29) is 30.4 Å². The van der Waals surface area contributed by atoms with Crippen LogP contribution in [0.4, 0.5) is 0 Å². The fourth-order valence-corrected chi connectivity index (χ4v) is 5.40. The summed E-state index contributed by atoms with van der Waals surface area (Å²) in [7, 11) is 0. The van der Waals surface area contributed by atoms with Gasteiger partial charge in [0.1, 0.15) is 6.54 Å². The Morgan fingerprint density at radius 2 is 1.75 bits per heavy atom. The molecule has 0 saturated heterocycles. The summed E-state index contributed by atoms with van der Waals surface area (Å²) < 4.78 is 3.32. The SMILES string of the molecule is CCCCCC(=O)N(CC(=O)N(Cc1cccn1Cc1ccc(Br)cc1)C1CCCCC1)C(C)CC. The average Bonchev–Trinajstić information content (AvgIpc) is 3.33. The van der Waals surface area contributed by atoms with Crippen molar-refractivity contribution >= 4 is 27.7 Å². The molecule has 36 heavy (non-hydrogen) atoms. The van der Waals surface area contributed by atoms with E-state index in [4.69, 9.17) is 0 Å². The molecule has 1 heterocycles. The molecule has 1 fully saturated rings. The first-order valence-electron chi connectivity index (χ1n) is 13.9. The standard InChI is InChI=1S/C30H44BrN3O2/c1-4-6-8-15-29(35)33(24(3)5-2)23-30(36)34(27-12-9-7-10-13-27)22-28-14-11-20-32(28)21-25-16-18-26(31)19-17-25/h11,14,16-20,24,27H,4-10,12-13,15,21-23H2,1-3H3. The molecule has 0 N–H and O–H groups in total. The molecular weight excluding hydrogens is 514 g/mol. The number of aromatic nitrogens is 1. The number of rotatable bonds is 13. The number of amides is 2. The zero-order valence-electron chi connectivity index (χ0n) is 22.4. The first-order chi connectivity index (χ1) is 17.4. The topological polar surface area (TPSA) is 45.6 Å². The Labute approximate surface area is 226 Å². The van der Waals surface area contributed by atoms with E-state index < -0.39 is 0 Å². The molecule has 1 aliphatic carbocycles. The van der Waals surface area contributed by atoms with Crippen molar-refractivity contribution in [2.75, 3.05) is 6.54 Å². The van der Waals surface area contributed by atoms with Gasteiger partial charge >= 0.3 is 0 Å². The monoisotopic (exact) mass is 557 g/mol. The summed E-state index contributed by atoms with van der Waals surface area (Å²) in [4.78, 5) is 30.9. The molecule has 0 bridgehead atoms. The lowest BCUT2D eigenvalue weighted by atomic mass is 9.94. The van der Waals surface area contributed by atoms with E-state index in [2.05, 4.69) is 88.8 Å². The quantitative estimate of drug-likeness (QED) is 0.245.